The van der Waals surface area contributed by atoms with Crippen molar-refractivity contribution in [2.45, 2.75) is 57.6 Å². The highest BCUT2D eigenvalue weighted by Gasteiger charge is 2.28. The molecule has 0 aliphatic rings. The Kier molecular flexibility index (Phi) is 8.22. The second kappa shape index (κ2) is 10.3. The first-order valence-electron chi connectivity index (χ1n) is 10.2. The summed E-state index contributed by atoms with van der Waals surface area (Å²) in [6, 6.07) is 6.33. The van der Waals surface area contributed by atoms with Gasteiger partial charge in [0.25, 0.3) is 0 Å². The van der Waals surface area contributed by atoms with E-state index in [1.54, 1.807) is 32.9 Å². The standard InChI is InChI=1S/C22H31N3O6S/c1-6-16-18(20(26)30-5)17(25-19(16)21(27)31-22(2,3)4)13-24-12-11-14-7-9-15(10-8-14)32(23,28)29/h7-10,24-25H,6,11-13H2,1-5H3,(H2,23,28,29). The zero-order valence-electron chi connectivity index (χ0n) is 19.1. The molecular formula is C22H31N3O6S. The summed E-state index contributed by atoms with van der Waals surface area (Å²) < 4.78 is 33.1. The first-order chi connectivity index (χ1) is 14.9. The van der Waals surface area contributed by atoms with Crippen LogP contribution < -0.4 is 10.5 Å². The number of carbonyl (C=O) groups is 2. The van der Waals surface area contributed by atoms with Crippen LogP contribution in [0.1, 0.15) is 65.4 Å². The average molecular weight is 466 g/mol. The molecule has 0 saturated heterocycles. The number of nitrogens with one attached hydrogen (secondary N) is 2. The second-order valence-electron chi connectivity index (χ2n) is 8.29. The topological polar surface area (TPSA) is 141 Å². The number of methoxy groups -OCH3 is 1. The van der Waals surface area contributed by atoms with Gasteiger partial charge in [-0.1, -0.05) is 19.1 Å². The van der Waals surface area contributed by atoms with Crippen molar-refractivity contribution in [3.05, 3.63) is 52.3 Å². The Morgan fingerprint density at radius 3 is 2.25 bits per heavy atom. The van der Waals surface area contributed by atoms with Gasteiger partial charge in [-0.3, -0.25) is 0 Å². The molecule has 1 aromatic heterocycles. The molecule has 2 aromatic rings. The number of nitrogens with two attached hydrogens (primary N) is 1. The number of H-pyrrole nitrogens is 1. The fraction of sp³-hybridized carbons (Fsp3) is 0.455. The van der Waals surface area contributed by atoms with Gasteiger partial charge in [-0.05, 0) is 63.4 Å². The quantitative estimate of drug-likeness (QED) is 0.381. The molecule has 0 radical (unpaired) electrons. The Morgan fingerprint density at radius 2 is 1.75 bits per heavy atom. The fourth-order valence-electron chi connectivity index (χ4n) is 3.23. The number of aromatic nitrogens is 1. The molecule has 0 saturated carbocycles. The van der Waals surface area contributed by atoms with Crippen molar-refractivity contribution < 1.29 is 27.5 Å². The van der Waals surface area contributed by atoms with Crippen LogP contribution >= 0.6 is 0 Å². The molecule has 0 amide bonds. The number of hydrogen-bond donors (Lipinski definition) is 3. The summed E-state index contributed by atoms with van der Waals surface area (Å²) in [7, 11) is -2.42. The Hall–Kier alpha value is -2.69. The zero-order valence-corrected chi connectivity index (χ0v) is 19.9. The minimum atomic E-state index is -3.72. The van der Waals surface area contributed by atoms with E-state index in [9.17, 15) is 18.0 Å². The van der Waals surface area contributed by atoms with Gasteiger partial charge in [-0.25, -0.2) is 23.1 Å². The number of aromatic amines is 1. The molecule has 0 atom stereocenters. The van der Waals surface area contributed by atoms with E-state index in [4.69, 9.17) is 14.6 Å². The predicted molar refractivity (Wildman–Crippen MR) is 120 cm³/mol. The monoisotopic (exact) mass is 465 g/mol. The third-order valence-electron chi connectivity index (χ3n) is 4.67. The van der Waals surface area contributed by atoms with Gasteiger partial charge in [-0.15, -0.1) is 0 Å². The van der Waals surface area contributed by atoms with Gasteiger partial charge in [0.2, 0.25) is 10.0 Å². The van der Waals surface area contributed by atoms with Crippen molar-refractivity contribution in [1.29, 1.82) is 0 Å². The number of carbonyl (C=O) groups excluding carboxylic acids is 2. The SMILES string of the molecule is CCc1c(C(=O)OC(C)(C)C)[nH]c(CNCCc2ccc(S(N)(=O)=O)cc2)c1C(=O)OC. The molecule has 0 aliphatic heterocycles. The van der Waals surface area contributed by atoms with E-state index in [1.807, 2.05) is 6.92 Å². The maximum absolute atomic E-state index is 12.7. The van der Waals surface area contributed by atoms with E-state index in [2.05, 4.69) is 10.3 Å². The van der Waals surface area contributed by atoms with Crippen LogP contribution in [-0.4, -0.2) is 44.6 Å². The smallest absolute Gasteiger partial charge is 0.355 e. The van der Waals surface area contributed by atoms with Crippen molar-refractivity contribution in [2.24, 2.45) is 5.14 Å². The third-order valence-corrected chi connectivity index (χ3v) is 5.60. The lowest BCUT2D eigenvalue weighted by atomic mass is 10.1. The lowest BCUT2D eigenvalue weighted by Gasteiger charge is -2.19. The maximum atomic E-state index is 12.7. The van der Waals surface area contributed by atoms with Gasteiger partial charge in [0.15, 0.2) is 0 Å². The van der Waals surface area contributed by atoms with Gasteiger partial charge in [0.05, 0.1) is 17.6 Å². The van der Waals surface area contributed by atoms with Crippen LogP contribution in [0.5, 0.6) is 0 Å². The van der Waals surface area contributed by atoms with Crippen molar-refractivity contribution >= 4 is 22.0 Å². The minimum absolute atomic E-state index is 0.0603. The Labute approximate surface area is 188 Å². The van der Waals surface area contributed by atoms with Crippen LogP contribution in [0.4, 0.5) is 0 Å². The Morgan fingerprint density at radius 1 is 1.12 bits per heavy atom. The van der Waals surface area contributed by atoms with E-state index in [-0.39, 0.29) is 10.6 Å². The predicted octanol–water partition coefficient (Wildman–Crippen LogP) is 2.30. The molecule has 0 spiro atoms. The van der Waals surface area contributed by atoms with E-state index in [0.29, 0.717) is 42.8 Å². The van der Waals surface area contributed by atoms with Crippen LogP contribution in [0.3, 0.4) is 0 Å². The van der Waals surface area contributed by atoms with Crippen LogP contribution in [0.2, 0.25) is 0 Å². The van der Waals surface area contributed by atoms with Crippen molar-refractivity contribution in [3.63, 3.8) is 0 Å². The molecule has 0 fully saturated rings. The largest absolute Gasteiger partial charge is 0.465 e. The number of hydrogen-bond acceptors (Lipinski definition) is 7. The summed E-state index contributed by atoms with van der Waals surface area (Å²) in [5, 5.41) is 8.34. The van der Waals surface area contributed by atoms with Crippen LogP contribution in [0.15, 0.2) is 29.2 Å². The highest BCUT2D eigenvalue weighted by atomic mass is 32.2. The molecule has 2 rings (SSSR count). The molecule has 9 nitrogen and oxygen atoms in total. The number of sulfonamides is 1. The highest BCUT2D eigenvalue weighted by Crippen LogP contribution is 2.24. The normalized spacial score (nSPS) is 11.9. The Bertz CT molecular complexity index is 1070. The molecule has 10 heteroatoms. The number of primary sulfonamides is 1. The van der Waals surface area contributed by atoms with Crippen LogP contribution in [0, 0.1) is 0 Å². The molecule has 0 bridgehead atoms. The van der Waals surface area contributed by atoms with E-state index in [1.165, 1.54) is 19.2 Å². The molecule has 32 heavy (non-hydrogen) atoms. The van der Waals surface area contributed by atoms with Crippen molar-refractivity contribution in [3.8, 4) is 0 Å². The van der Waals surface area contributed by atoms with Crippen LogP contribution in [0.25, 0.3) is 0 Å². The number of rotatable bonds is 9. The zero-order chi connectivity index (χ0) is 24.1. The van der Waals surface area contributed by atoms with Gasteiger partial charge in [-0.2, -0.15) is 0 Å². The summed E-state index contributed by atoms with van der Waals surface area (Å²) in [5.41, 5.74) is 1.93. The first-order valence-corrected chi connectivity index (χ1v) is 11.8. The highest BCUT2D eigenvalue weighted by molar-refractivity contribution is 7.89. The summed E-state index contributed by atoms with van der Waals surface area (Å²) in [6.45, 7) is 8.04. The third kappa shape index (κ3) is 6.65. The first kappa shape index (κ1) is 25.6. The minimum Gasteiger partial charge on any atom is -0.465 e. The maximum Gasteiger partial charge on any atom is 0.355 e. The van der Waals surface area contributed by atoms with Gasteiger partial charge < -0.3 is 19.8 Å². The summed E-state index contributed by atoms with van der Waals surface area (Å²) in [6.07, 6.45) is 1.07. The fourth-order valence-corrected chi connectivity index (χ4v) is 3.74. The lowest BCUT2D eigenvalue weighted by Crippen LogP contribution is -2.24. The summed E-state index contributed by atoms with van der Waals surface area (Å²) in [5.74, 6) is -1.05. The van der Waals surface area contributed by atoms with E-state index >= 15 is 0 Å². The van der Waals surface area contributed by atoms with Gasteiger partial charge in [0.1, 0.15) is 11.3 Å². The van der Waals surface area contributed by atoms with Crippen molar-refractivity contribution in [2.75, 3.05) is 13.7 Å². The molecule has 1 aromatic carbocycles. The molecule has 1 heterocycles. The van der Waals surface area contributed by atoms with Gasteiger partial charge in [0, 0.05) is 12.2 Å². The number of esters is 2. The average Bonchev–Trinajstić information content (AvgIpc) is 3.07. The second-order valence-corrected chi connectivity index (χ2v) is 9.86. The number of ether oxygens (including phenoxy) is 2. The Balaban J connectivity index is 2.14. The van der Waals surface area contributed by atoms with Crippen molar-refractivity contribution in [1.82, 2.24) is 10.3 Å². The van der Waals surface area contributed by atoms with E-state index < -0.39 is 27.6 Å². The molecule has 0 unspecified atom stereocenters. The van der Waals surface area contributed by atoms with Gasteiger partial charge >= 0.3 is 11.9 Å². The molecule has 176 valence electrons. The number of benzene rings is 1. The lowest BCUT2D eigenvalue weighted by molar-refractivity contribution is 0.00621. The summed E-state index contributed by atoms with van der Waals surface area (Å²) >= 11 is 0. The molecular weight excluding hydrogens is 434 g/mol. The summed E-state index contributed by atoms with van der Waals surface area (Å²) in [4.78, 5) is 28.2. The molecule has 4 N–H and O–H groups in total. The van der Waals surface area contributed by atoms with Crippen LogP contribution in [-0.2, 0) is 38.9 Å². The molecule has 0 aliphatic carbocycles. The van der Waals surface area contributed by atoms with E-state index in [0.717, 1.165) is 5.56 Å².